The molecule has 8 nitrogen and oxygen atoms in total. The molecular formula is C17H20N2O6. The molecule has 0 radical (unpaired) electrons. The van der Waals surface area contributed by atoms with Crippen LogP contribution < -0.4 is 25.1 Å². The molecule has 0 aliphatic rings. The number of nitrogens with one attached hydrogen (secondary N) is 2. The van der Waals surface area contributed by atoms with Crippen molar-refractivity contribution in [3.63, 3.8) is 0 Å². The minimum absolute atomic E-state index is 0.181. The molecule has 0 saturated carbocycles. The summed E-state index contributed by atoms with van der Waals surface area (Å²) in [5.74, 6) is 0.924. The van der Waals surface area contributed by atoms with E-state index in [4.69, 9.17) is 18.6 Å². The van der Waals surface area contributed by atoms with Gasteiger partial charge in [0.05, 0.1) is 32.5 Å². The normalized spacial score (nSPS) is 10.1. The van der Waals surface area contributed by atoms with Crippen LogP contribution in [0.15, 0.2) is 22.6 Å². The molecule has 1 aromatic heterocycles. The minimum Gasteiger partial charge on any atom is -0.493 e. The first kappa shape index (κ1) is 18.2. The Balaban J connectivity index is 2.18. The van der Waals surface area contributed by atoms with Gasteiger partial charge in [-0.3, -0.25) is 20.4 Å². The van der Waals surface area contributed by atoms with E-state index in [1.54, 1.807) is 26.0 Å². The van der Waals surface area contributed by atoms with Gasteiger partial charge in [-0.2, -0.15) is 0 Å². The first-order chi connectivity index (χ1) is 11.9. The molecule has 0 aliphatic heterocycles. The molecule has 2 amide bonds. The van der Waals surface area contributed by atoms with Crippen LogP contribution in [0, 0.1) is 13.8 Å². The van der Waals surface area contributed by atoms with Gasteiger partial charge in [0, 0.05) is 0 Å². The number of rotatable bonds is 5. The van der Waals surface area contributed by atoms with Crippen LogP contribution in [0.2, 0.25) is 0 Å². The highest BCUT2D eigenvalue weighted by molar-refractivity contribution is 6.01. The van der Waals surface area contributed by atoms with Crippen molar-refractivity contribution in [3.8, 4) is 17.2 Å². The van der Waals surface area contributed by atoms with Gasteiger partial charge in [0.15, 0.2) is 11.5 Å². The molecular weight excluding hydrogens is 328 g/mol. The summed E-state index contributed by atoms with van der Waals surface area (Å²) >= 11 is 0. The van der Waals surface area contributed by atoms with E-state index in [2.05, 4.69) is 10.9 Å². The summed E-state index contributed by atoms with van der Waals surface area (Å²) in [5.41, 5.74) is 5.21. The van der Waals surface area contributed by atoms with Crippen molar-refractivity contribution >= 4 is 11.8 Å². The van der Waals surface area contributed by atoms with Crippen molar-refractivity contribution < 1.29 is 28.2 Å². The summed E-state index contributed by atoms with van der Waals surface area (Å²) in [6.45, 7) is 3.40. The highest BCUT2D eigenvalue weighted by Gasteiger charge is 2.21. The highest BCUT2D eigenvalue weighted by Crippen LogP contribution is 2.39. The average Bonchev–Trinajstić information content (AvgIpc) is 2.95. The van der Waals surface area contributed by atoms with E-state index in [1.807, 2.05) is 0 Å². The molecule has 0 fully saturated rings. The second kappa shape index (κ2) is 7.61. The smallest absolute Gasteiger partial charge is 0.273 e. The van der Waals surface area contributed by atoms with Crippen LogP contribution in [0.5, 0.6) is 17.2 Å². The number of methoxy groups -OCH3 is 3. The molecule has 0 saturated heterocycles. The second-order valence-electron chi connectivity index (χ2n) is 5.12. The molecule has 0 atom stereocenters. The van der Waals surface area contributed by atoms with Crippen molar-refractivity contribution in [2.75, 3.05) is 21.3 Å². The standard InChI is InChI=1S/C17H20N2O6/c1-9-8-12(10(2)25-9)17(21)19-18-16(20)11-6-7-13(22-3)15(24-5)14(11)23-4/h6-8H,1-5H3,(H,18,20)(H,19,21). The van der Waals surface area contributed by atoms with E-state index in [0.29, 0.717) is 22.8 Å². The van der Waals surface area contributed by atoms with Crippen molar-refractivity contribution in [3.05, 3.63) is 40.8 Å². The SMILES string of the molecule is COc1ccc(C(=O)NNC(=O)c2cc(C)oc2C)c(OC)c1OC. The predicted molar refractivity (Wildman–Crippen MR) is 89.2 cm³/mol. The van der Waals surface area contributed by atoms with E-state index < -0.39 is 11.8 Å². The molecule has 2 aromatic rings. The van der Waals surface area contributed by atoms with E-state index in [0.717, 1.165) is 0 Å². The van der Waals surface area contributed by atoms with E-state index in [1.165, 1.54) is 27.4 Å². The number of hydrogen-bond donors (Lipinski definition) is 2. The van der Waals surface area contributed by atoms with Gasteiger partial charge in [0.2, 0.25) is 5.75 Å². The maximum Gasteiger partial charge on any atom is 0.273 e. The van der Waals surface area contributed by atoms with Gasteiger partial charge in [-0.05, 0) is 32.0 Å². The molecule has 25 heavy (non-hydrogen) atoms. The number of amides is 2. The average molecular weight is 348 g/mol. The Morgan fingerprint density at radius 1 is 0.880 bits per heavy atom. The summed E-state index contributed by atoms with van der Waals surface area (Å²) in [6.07, 6.45) is 0. The molecule has 2 N–H and O–H groups in total. The Kier molecular flexibility index (Phi) is 5.53. The molecule has 0 bridgehead atoms. The first-order valence-electron chi connectivity index (χ1n) is 7.39. The number of aryl methyl sites for hydroxylation is 2. The molecule has 8 heteroatoms. The zero-order chi connectivity index (χ0) is 18.6. The van der Waals surface area contributed by atoms with Gasteiger partial charge < -0.3 is 18.6 Å². The van der Waals surface area contributed by atoms with Gasteiger partial charge in [0.1, 0.15) is 11.5 Å². The van der Waals surface area contributed by atoms with E-state index in [9.17, 15) is 9.59 Å². The van der Waals surface area contributed by atoms with Crippen LogP contribution in [0.25, 0.3) is 0 Å². The Labute approximate surface area is 145 Å². The zero-order valence-corrected chi connectivity index (χ0v) is 14.7. The topological polar surface area (TPSA) is 99.0 Å². The zero-order valence-electron chi connectivity index (χ0n) is 14.7. The Bertz CT molecular complexity index is 797. The van der Waals surface area contributed by atoms with Gasteiger partial charge >= 0.3 is 0 Å². The van der Waals surface area contributed by atoms with Crippen molar-refractivity contribution in [1.29, 1.82) is 0 Å². The lowest BCUT2D eigenvalue weighted by Gasteiger charge is -2.15. The number of carbonyl (C=O) groups excluding carboxylic acids is 2. The third kappa shape index (κ3) is 3.68. The van der Waals surface area contributed by atoms with Crippen LogP contribution in [-0.4, -0.2) is 33.1 Å². The van der Waals surface area contributed by atoms with Crippen LogP contribution in [0.1, 0.15) is 32.2 Å². The fourth-order valence-corrected chi connectivity index (χ4v) is 2.38. The highest BCUT2D eigenvalue weighted by atomic mass is 16.5. The predicted octanol–water partition coefficient (Wildman–Crippen LogP) is 2.00. The third-order valence-corrected chi connectivity index (χ3v) is 3.52. The molecule has 0 spiro atoms. The minimum atomic E-state index is -0.566. The quantitative estimate of drug-likeness (QED) is 0.802. The fraction of sp³-hybridized carbons (Fsp3) is 0.294. The number of furan rings is 1. The number of ether oxygens (including phenoxy) is 3. The number of carbonyl (C=O) groups is 2. The lowest BCUT2D eigenvalue weighted by Crippen LogP contribution is -2.41. The van der Waals surface area contributed by atoms with E-state index >= 15 is 0 Å². The third-order valence-electron chi connectivity index (χ3n) is 3.52. The monoisotopic (exact) mass is 348 g/mol. The molecule has 1 heterocycles. The van der Waals surface area contributed by atoms with Crippen molar-refractivity contribution in [1.82, 2.24) is 10.9 Å². The summed E-state index contributed by atoms with van der Waals surface area (Å²) < 4.78 is 20.9. The molecule has 134 valence electrons. The number of benzene rings is 1. The fourth-order valence-electron chi connectivity index (χ4n) is 2.38. The van der Waals surface area contributed by atoms with Gasteiger partial charge in [-0.1, -0.05) is 0 Å². The second-order valence-corrected chi connectivity index (χ2v) is 5.12. The summed E-state index contributed by atoms with van der Waals surface area (Å²) in [6, 6.07) is 4.67. The maximum absolute atomic E-state index is 12.4. The lowest BCUT2D eigenvalue weighted by molar-refractivity contribution is 0.0843. The summed E-state index contributed by atoms with van der Waals surface area (Å²) in [4.78, 5) is 24.5. The van der Waals surface area contributed by atoms with Gasteiger partial charge in [-0.15, -0.1) is 0 Å². The summed E-state index contributed by atoms with van der Waals surface area (Å²) in [5, 5.41) is 0. The largest absolute Gasteiger partial charge is 0.493 e. The molecule has 0 aliphatic carbocycles. The number of hydrogen-bond acceptors (Lipinski definition) is 6. The van der Waals surface area contributed by atoms with Crippen LogP contribution in [-0.2, 0) is 0 Å². The first-order valence-corrected chi connectivity index (χ1v) is 7.39. The summed E-state index contributed by atoms with van der Waals surface area (Å²) in [7, 11) is 4.32. The van der Waals surface area contributed by atoms with Crippen molar-refractivity contribution in [2.24, 2.45) is 0 Å². The molecule has 1 aromatic carbocycles. The number of hydrazine groups is 1. The molecule has 2 rings (SSSR count). The maximum atomic E-state index is 12.4. The van der Waals surface area contributed by atoms with Gasteiger partial charge in [-0.25, -0.2) is 0 Å². The van der Waals surface area contributed by atoms with Crippen LogP contribution in [0.3, 0.4) is 0 Å². The lowest BCUT2D eigenvalue weighted by atomic mass is 10.1. The van der Waals surface area contributed by atoms with Gasteiger partial charge in [0.25, 0.3) is 11.8 Å². The van der Waals surface area contributed by atoms with Crippen LogP contribution in [0.4, 0.5) is 0 Å². The van der Waals surface area contributed by atoms with Crippen molar-refractivity contribution in [2.45, 2.75) is 13.8 Å². The Hall–Kier alpha value is -3.16. The molecule has 0 unspecified atom stereocenters. The van der Waals surface area contributed by atoms with E-state index in [-0.39, 0.29) is 17.1 Å². The Morgan fingerprint density at radius 2 is 1.48 bits per heavy atom. The Morgan fingerprint density at radius 3 is 1.96 bits per heavy atom. The van der Waals surface area contributed by atoms with Crippen LogP contribution >= 0.6 is 0 Å².